The van der Waals surface area contributed by atoms with Gasteiger partial charge >= 0.3 is 5.97 Å². The SMILES string of the molecule is Cc1n[nH]c(C)c1CCc1cc(C(=O)O)ccc1F. The predicted molar refractivity (Wildman–Crippen MR) is 68.8 cm³/mol. The van der Waals surface area contributed by atoms with Gasteiger partial charge in [0.25, 0.3) is 0 Å². The lowest BCUT2D eigenvalue weighted by atomic mass is 10.0. The zero-order chi connectivity index (χ0) is 14.0. The van der Waals surface area contributed by atoms with Gasteiger partial charge in [-0.3, -0.25) is 5.10 Å². The molecule has 0 atom stereocenters. The molecule has 4 nitrogen and oxygen atoms in total. The maximum absolute atomic E-state index is 13.6. The molecule has 1 aromatic carbocycles. The smallest absolute Gasteiger partial charge is 0.335 e. The van der Waals surface area contributed by atoms with Crippen molar-refractivity contribution in [2.24, 2.45) is 0 Å². The number of halogens is 1. The lowest BCUT2D eigenvalue weighted by Crippen LogP contribution is -2.02. The zero-order valence-corrected chi connectivity index (χ0v) is 10.8. The molecule has 0 saturated carbocycles. The Labute approximate surface area is 110 Å². The summed E-state index contributed by atoms with van der Waals surface area (Å²) < 4.78 is 13.6. The summed E-state index contributed by atoms with van der Waals surface area (Å²) in [4.78, 5) is 10.9. The first-order chi connectivity index (χ1) is 8.99. The van der Waals surface area contributed by atoms with Gasteiger partial charge in [-0.05, 0) is 56.0 Å². The molecule has 2 rings (SSSR count). The molecule has 0 fully saturated rings. The van der Waals surface area contributed by atoms with E-state index < -0.39 is 5.97 Å². The Bertz CT molecular complexity index is 600. The average molecular weight is 262 g/mol. The third kappa shape index (κ3) is 2.81. The van der Waals surface area contributed by atoms with Gasteiger partial charge in [-0.1, -0.05) is 0 Å². The van der Waals surface area contributed by atoms with Crippen LogP contribution in [0.5, 0.6) is 0 Å². The second-order valence-electron chi connectivity index (χ2n) is 4.52. The molecule has 0 aliphatic carbocycles. The van der Waals surface area contributed by atoms with Crippen molar-refractivity contribution < 1.29 is 14.3 Å². The summed E-state index contributed by atoms with van der Waals surface area (Å²) in [5.74, 6) is -1.42. The van der Waals surface area contributed by atoms with Crippen molar-refractivity contribution in [3.05, 3.63) is 52.1 Å². The number of rotatable bonds is 4. The molecule has 0 bridgehead atoms. The Hall–Kier alpha value is -2.17. The van der Waals surface area contributed by atoms with Crippen molar-refractivity contribution in [3.63, 3.8) is 0 Å². The number of aromatic carboxylic acids is 1. The van der Waals surface area contributed by atoms with Crippen LogP contribution in [0.25, 0.3) is 0 Å². The summed E-state index contributed by atoms with van der Waals surface area (Å²) in [6, 6.07) is 3.87. The van der Waals surface area contributed by atoms with Crippen molar-refractivity contribution in [2.45, 2.75) is 26.7 Å². The first-order valence-corrected chi connectivity index (χ1v) is 6.01. The largest absolute Gasteiger partial charge is 0.478 e. The van der Waals surface area contributed by atoms with Crippen molar-refractivity contribution >= 4 is 5.97 Å². The topological polar surface area (TPSA) is 66.0 Å². The van der Waals surface area contributed by atoms with E-state index >= 15 is 0 Å². The molecule has 19 heavy (non-hydrogen) atoms. The standard InChI is InChI=1S/C14H15FN2O2/c1-8-12(9(2)17-16-8)5-3-10-7-11(14(18)19)4-6-13(10)15/h4,6-7H,3,5H2,1-2H3,(H,16,17)(H,18,19). The Morgan fingerprint density at radius 2 is 2.11 bits per heavy atom. The Balaban J connectivity index is 2.20. The average Bonchev–Trinajstić information content (AvgIpc) is 2.68. The summed E-state index contributed by atoms with van der Waals surface area (Å²) >= 11 is 0. The fourth-order valence-electron chi connectivity index (χ4n) is 2.10. The number of aromatic amines is 1. The number of hydrogen-bond donors (Lipinski definition) is 2. The van der Waals surface area contributed by atoms with Crippen LogP contribution in [0.2, 0.25) is 0 Å². The van der Waals surface area contributed by atoms with E-state index in [2.05, 4.69) is 10.2 Å². The minimum Gasteiger partial charge on any atom is -0.478 e. The van der Waals surface area contributed by atoms with Crippen LogP contribution in [0.1, 0.15) is 32.9 Å². The molecular formula is C14H15FN2O2. The lowest BCUT2D eigenvalue weighted by Gasteiger charge is -2.05. The number of nitrogens with one attached hydrogen (secondary N) is 1. The molecule has 0 aliphatic rings. The van der Waals surface area contributed by atoms with Gasteiger partial charge in [0.15, 0.2) is 0 Å². The molecular weight excluding hydrogens is 247 g/mol. The van der Waals surface area contributed by atoms with Crippen LogP contribution in [0.3, 0.4) is 0 Å². The fourth-order valence-corrected chi connectivity index (χ4v) is 2.10. The van der Waals surface area contributed by atoms with Crippen LogP contribution < -0.4 is 0 Å². The number of hydrogen-bond acceptors (Lipinski definition) is 2. The molecule has 1 heterocycles. The summed E-state index contributed by atoms with van der Waals surface area (Å²) in [5, 5.41) is 15.9. The minimum absolute atomic E-state index is 0.108. The zero-order valence-electron chi connectivity index (χ0n) is 10.8. The molecule has 0 aliphatic heterocycles. The number of aromatic nitrogens is 2. The van der Waals surface area contributed by atoms with E-state index in [1.165, 1.54) is 18.2 Å². The van der Waals surface area contributed by atoms with Crippen LogP contribution in [0.15, 0.2) is 18.2 Å². The van der Waals surface area contributed by atoms with E-state index in [9.17, 15) is 9.18 Å². The normalized spacial score (nSPS) is 10.7. The van der Waals surface area contributed by atoms with Crippen molar-refractivity contribution in [1.29, 1.82) is 0 Å². The molecule has 1 aromatic heterocycles. The highest BCUT2D eigenvalue weighted by Gasteiger charge is 2.11. The molecule has 5 heteroatoms. The van der Waals surface area contributed by atoms with Crippen molar-refractivity contribution in [3.8, 4) is 0 Å². The van der Waals surface area contributed by atoms with Gasteiger partial charge in [0, 0.05) is 5.69 Å². The van der Waals surface area contributed by atoms with E-state index in [-0.39, 0.29) is 11.4 Å². The van der Waals surface area contributed by atoms with E-state index in [0.29, 0.717) is 18.4 Å². The summed E-state index contributed by atoms with van der Waals surface area (Å²) in [6.45, 7) is 3.81. The van der Waals surface area contributed by atoms with Crippen LogP contribution in [0, 0.1) is 19.7 Å². The maximum Gasteiger partial charge on any atom is 0.335 e. The van der Waals surface area contributed by atoms with Crippen LogP contribution in [-0.2, 0) is 12.8 Å². The van der Waals surface area contributed by atoms with Crippen molar-refractivity contribution in [1.82, 2.24) is 10.2 Å². The van der Waals surface area contributed by atoms with E-state index in [1.54, 1.807) is 0 Å². The quantitative estimate of drug-likeness (QED) is 0.890. The lowest BCUT2D eigenvalue weighted by molar-refractivity contribution is 0.0696. The van der Waals surface area contributed by atoms with Crippen LogP contribution >= 0.6 is 0 Å². The van der Waals surface area contributed by atoms with Gasteiger partial charge in [-0.25, -0.2) is 9.18 Å². The van der Waals surface area contributed by atoms with E-state index in [4.69, 9.17) is 5.11 Å². The maximum atomic E-state index is 13.6. The van der Waals surface area contributed by atoms with Crippen molar-refractivity contribution in [2.75, 3.05) is 0 Å². The Kier molecular flexibility index (Phi) is 3.64. The van der Waals surface area contributed by atoms with Gasteiger partial charge in [0.1, 0.15) is 5.82 Å². The number of carbonyl (C=O) groups is 1. The monoisotopic (exact) mass is 262 g/mol. The molecule has 2 aromatic rings. The number of aryl methyl sites for hydroxylation is 3. The van der Waals surface area contributed by atoms with Gasteiger partial charge in [0.05, 0.1) is 11.3 Å². The molecule has 0 amide bonds. The predicted octanol–water partition coefficient (Wildman–Crippen LogP) is 2.65. The minimum atomic E-state index is -1.04. The van der Waals surface area contributed by atoms with Crippen LogP contribution in [-0.4, -0.2) is 21.3 Å². The second-order valence-corrected chi connectivity index (χ2v) is 4.52. The van der Waals surface area contributed by atoms with E-state index in [0.717, 1.165) is 17.0 Å². The number of benzene rings is 1. The molecule has 100 valence electrons. The summed E-state index contributed by atoms with van der Waals surface area (Å²) in [7, 11) is 0. The third-order valence-corrected chi connectivity index (χ3v) is 3.22. The Morgan fingerprint density at radius 1 is 1.37 bits per heavy atom. The summed E-state index contributed by atoms with van der Waals surface area (Å²) in [5.41, 5.74) is 3.44. The number of carboxylic acid groups (broad SMARTS) is 1. The highest BCUT2D eigenvalue weighted by atomic mass is 19.1. The fraction of sp³-hybridized carbons (Fsp3) is 0.286. The summed E-state index contributed by atoms with van der Waals surface area (Å²) in [6.07, 6.45) is 1.09. The molecule has 0 radical (unpaired) electrons. The van der Waals surface area contributed by atoms with Gasteiger partial charge < -0.3 is 5.11 Å². The molecule has 0 spiro atoms. The van der Waals surface area contributed by atoms with Gasteiger partial charge in [0.2, 0.25) is 0 Å². The number of nitrogens with zero attached hydrogens (tertiary/aromatic N) is 1. The number of carboxylic acids is 1. The third-order valence-electron chi connectivity index (χ3n) is 3.22. The number of H-pyrrole nitrogens is 1. The first-order valence-electron chi connectivity index (χ1n) is 6.01. The molecule has 2 N–H and O–H groups in total. The molecule has 0 saturated heterocycles. The van der Waals surface area contributed by atoms with Gasteiger partial charge in [-0.15, -0.1) is 0 Å². The molecule has 0 unspecified atom stereocenters. The van der Waals surface area contributed by atoms with Crippen LogP contribution in [0.4, 0.5) is 4.39 Å². The first kappa shape index (κ1) is 13.3. The highest BCUT2D eigenvalue weighted by Crippen LogP contribution is 2.16. The highest BCUT2D eigenvalue weighted by molar-refractivity contribution is 5.87. The second kappa shape index (κ2) is 5.22. The Morgan fingerprint density at radius 3 is 2.68 bits per heavy atom. The van der Waals surface area contributed by atoms with Gasteiger partial charge in [-0.2, -0.15) is 5.10 Å². The van der Waals surface area contributed by atoms with E-state index in [1.807, 2.05) is 13.8 Å².